The zero-order valence-electron chi connectivity index (χ0n) is 17.6. The van der Waals surface area contributed by atoms with Crippen LogP contribution in [0.5, 0.6) is 11.5 Å². The van der Waals surface area contributed by atoms with Crippen LogP contribution < -0.4 is 14.8 Å². The van der Waals surface area contributed by atoms with Crippen molar-refractivity contribution in [3.05, 3.63) is 53.6 Å². The van der Waals surface area contributed by atoms with Crippen LogP contribution in [0.3, 0.4) is 0 Å². The smallest absolute Gasteiger partial charge is 0.412 e. The van der Waals surface area contributed by atoms with Gasteiger partial charge in [0.15, 0.2) is 23.9 Å². The maximum absolute atomic E-state index is 12.3. The standard InChI is InChI=1S/C22H25NO7/c1-22(2,3)30-21(26)23-16-8-6-7-15(11-16)20(25)29-13-17(24)14-9-10-18(27-4)19(12-14)28-5/h6-12H,13H2,1-5H3,(H,23,26). The number of hydrogen-bond acceptors (Lipinski definition) is 7. The number of methoxy groups -OCH3 is 2. The van der Waals surface area contributed by atoms with E-state index in [0.717, 1.165) is 0 Å². The highest BCUT2D eigenvalue weighted by atomic mass is 16.6. The largest absolute Gasteiger partial charge is 0.493 e. The van der Waals surface area contributed by atoms with Gasteiger partial charge in [0.05, 0.1) is 19.8 Å². The average molecular weight is 415 g/mol. The third-order valence-corrected chi connectivity index (χ3v) is 3.78. The van der Waals surface area contributed by atoms with Crippen LogP contribution in [-0.4, -0.2) is 44.3 Å². The number of esters is 1. The molecule has 0 fully saturated rings. The number of nitrogens with one attached hydrogen (secondary N) is 1. The number of ether oxygens (including phenoxy) is 4. The molecule has 0 aromatic heterocycles. The van der Waals surface area contributed by atoms with Crippen LogP contribution in [0.25, 0.3) is 0 Å². The molecule has 0 radical (unpaired) electrons. The first-order valence-corrected chi connectivity index (χ1v) is 9.15. The number of benzene rings is 2. The van der Waals surface area contributed by atoms with E-state index in [4.69, 9.17) is 18.9 Å². The molecule has 0 saturated carbocycles. The van der Waals surface area contributed by atoms with Crippen molar-refractivity contribution in [3.8, 4) is 11.5 Å². The summed E-state index contributed by atoms with van der Waals surface area (Å²) in [4.78, 5) is 36.5. The molecule has 0 unspecified atom stereocenters. The minimum Gasteiger partial charge on any atom is -0.493 e. The third-order valence-electron chi connectivity index (χ3n) is 3.78. The first-order valence-electron chi connectivity index (χ1n) is 9.15. The summed E-state index contributed by atoms with van der Waals surface area (Å²) in [5.74, 6) is -0.208. The quantitative estimate of drug-likeness (QED) is 0.537. The summed E-state index contributed by atoms with van der Waals surface area (Å²) in [5.41, 5.74) is 0.222. The lowest BCUT2D eigenvalue weighted by atomic mass is 10.1. The molecule has 0 heterocycles. The van der Waals surface area contributed by atoms with Gasteiger partial charge in [0, 0.05) is 11.3 Å². The fourth-order valence-electron chi connectivity index (χ4n) is 2.45. The molecule has 0 aliphatic rings. The fourth-order valence-corrected chi connectivity index (χ4v) is 2.45. The molecule has 2 rings (SSSR count). The molecule has 0 aliphatic carbocycles. The van der Waals surface area contributed by atoms with Gasteiger partial charge in [-0.25, -0.2) is 9.59 Å². The highest BCUT2D eigenvalue weighted by molar-refractivity contribution is 6.00. The second kappa shape index (κ2) is 9.78. The Labute approximate surface area is 175 Å². The van der Waals surface area contributed by atoms with E-state index in [2.05, 4.69) is 5.32 Å². The van der Waals surface area contributed by atoms with Crippen molar-refractivity contribution >= 4 is 23.5 Å². The van der Waals surface area contributed by atoms with Gasteiger partial charge in [-0.2, -0.15) is 0 Å². The molecule has 1 N–H and O–H groups in total. The van der Waals surface area contributed by atoms with E-state index in [-0.39, 0.29) is 5.56 Å². The number of carbonyl (C=O) groups excluding carboxylic acids is 3. The van der Waals surface area contributed by atoms with Crippen LogP contribution in [0.2, 0.25) is 0 Å². The number of rotatable bonds is 7. The van der Waals surface area contributed by atoms with E-state index in [9.17, 15) is 14.4 Å². The lowest BCUT2D eigenvalue weighted by Crippen LogP contribution is -2.27. The molecule has 2 aromatic carbocycles. The minimum absolute atomic E-state index is 0.184. The van der Waals surface area contributed by atoms with Crippen molar-refractivity contribution < 1.29 is 33.3 Å². The van der Waals surface area contributed by atoms with E-state index >= 15 is 0 Å². The first kappa shape index (κ1) is 22.7. The molecule has 8 nitrogen and oxygen atoms in total. The summed E-state index contributed by atoms with van der Waals surface area (Å²) in [6.07, 6.45) is -0.642. The summed E-state index contributed by atoms with van der Waals surface area (Å²) < 4.78 is 20.6. The average Bonchev–Trinajstić information content (AvgIpc) is 2.69. The number of anilines is 1. The molecule has 30 heavy (non-hydrogen) atoms. The Balaban J connectivity index is 1.99. The predicted octanol–water partition coefficient (Wildman–Crippen LogP) is 4.09. The molecule has 2 aromatic rings. The number of Topliss-reactive ketones (excluding diaryl/α,β-unsaturated/α-hetero) is 1. The lowest BCUT2D eigenvalue weighted by molar-refractivity contribution is 0.0474. The van der Waals surface area contributed by atoms with E-state index in [1.165, 1.54) is 32.4 Å². The molecular formula is C22H25NO7. The molecule has 8 heteroatoms. The number of carbonyl (C=O) groups is 3. The zero-order valence-corrected chi connectivity index (χ0v) is 17.6. The van der Waals surface area contributed by atoms with Crippen molar-refractivity contribution in [1.29, 1.82) is 0 Å². The van der Waals surface area contributed by atoms with Crippen LogP contribution in [-0.2, 0) is 9.47 Å². The highest BCUT2D eigenvalue weighted by Gasteiger charge is 2.18. The Morgan fingerprint density at radius 2 is 1.60 bits per heavy atom. The van der Waals surface area contributed by atoms with Crippen molar-refractivity contribution in [3.63, 3.8) is 0 Å². The second-order valence-electron chi connectivity index (χ2n) is 7.28. The van der Waals surface area contributed by atoms with Gasteiger partial charge in [-0.1, -0.05) is 6.07 Å². The van der Waals surface area contributed by atoms with Crippen LogP contribution >= 0.6 is 0 Å². The van der Waals surface area contributed by atoms with Crippen molar-refractivity contribution in [2.24, 2.45) is 0 Å². The maximum atomic E-state index is 12.3. The van der Waals surface area contributed by atoms with Crippen molar-refractivity contribution in [2.45, 2.75) is 26.4 Å². The maximum Gasteiger partial charge on any atom is 0.412 e. The molecule has 0 saturated heterocycles. The zero-order chi connectivity index (χ0) is 22.3. The molecule has 0 bridgehead atoms. The summed E-state index contributed by atoms with van der Waals surface area (Å²) in [6.45, 7) is 4.79. The fraction of sp³-hybridized carbons (Fsp3) is 0.318. The van der Waals surface area contributed by atoms with Gasteiger partial charge in [0.25, 0.3) is 0 Å². The SMILES string of the molecule is COc1ccc(C(=O)COC(=O)c2cccc(NC(=O)OC(C)(C)C)c2)cc1OC. The molecule has 0 aliphatic heterocycles. The summed E-state index contributed by atoms with van der Waals surface area (Å²) in [7, 11) is 2.96. The van der Waals surface area contributed by atoms with Crippen molar-refractivity contribution in [1.82, 2.24) is 0 Å². The monoisotopic (exact) mass is 415 g/mol. The van der Waals surface area contributed by atoms with E-state index < -0.39 is 30.1 Å². The Morgan fingerprint density at radius 1 is 0.900 bits per heavy atom. The van der Waals surface area contributed by atoms with Gasteiger partial charge in [-0.05, 0) is 57.2 Å². The summed E-state index contributed by atoms with van der Waals surface area (Å²) in [6, 6.07) is 10.8. The number of amides is 1. The van der Waals surface area contributed by atoms with Gasteiger partial charge in [-0.3, -0.25) is 10.1 Å². The van der Waals surface area contributed by atoms with Crippen molar-refractivity contribution in [2.75, 3.05) is 26.1 Å². The Bertz CT molecular complexity index is 931. The van der Waals surface area contributed by atoms with Crippen LogP contribution in [0, 0.1) is 0 Å². The molecule has 1 amide bonds. The van der Waals surface area contributed by atoms with E-state index in [0.29, 0.717) is 22.7 Å². The molecular weight excluding hydrogens is 390 g/mol. The van der Waals surface area contributed by atoms with Crippen LogP contribution in [0.1, 0.15) is 41.5 Å². The van der Waals surface area contributed by atoms with Crippen LogP contribution in [0.4, 0.5) is 10.5 Å². The minimum atomic E-state index is -0.698. The summed E-state index contributed by atoms with van der Waals surface area (Å²) in [5, 5.41) is 2.55. The first-order chi connectivity index (χ1) is 14.1. The lowest BCUT2D eigenvalue weighted by Gasteiger charge is -2.19. The van der Waals surface area contributed by atoms with Crippen LogP contribution in [0.15, 0.2) is 42.5 Å². The molecule has 0 spiro atoms. The Morgan fingerprint density at radius 3 is 2.23 bits per heavy atom. The predicted molar refractivity (Wildman–Crippen MR) is 110 cm³/mol. The Hall–Kier alpha value is -3.55. The Kier molecular flexibility index (Phi) is 7.41. The van der Waals surface area contributed by atoms with Gasteiger partial charge in [0.2, 0.25) is 0 Å². The molecule has 0 atom stereocenters. The van der Waals surface area contributed by atoms with Gasteiger partial charge >= 0.3 is 12.1 Å². The topological polar surface area (TPSA) is 100 Å². The third kappa shape index (κ3) is 6.51. The van der Waals surface area contributed by atoms with Gasteiger partial charge in [0.1, 0.15) is 5.60 Å². The highest BCUT2D eigenvalue weighted by Crippen LogP contribution is 2.27. The van der Waals surface area contributed by atoms with Gasteiger partial charge < -0.3 is 18.9 Å². The number of hydrogen-bond donors (Lipinski definition) is 1. The second-order valence-corrected chi connectivity index (χ2v) is 7.28. The van der Waals surface area contributed by atoms with E-state index in [1.54, 1.807) is 45.0 Å². The normalized spacial score (nSPS) is 10.7. The van der Waals surface area contributed by atoms with E-state index in [1.807, 2.05) is 0 Å². The summed E-state index contributed by atoms with van der Waals surface area (Å²) >= 11 is 0. The molecule has 160 valence electrons. The van der Waals surface area contributed by atoms with Gasteiger partial charge in [-0.15, -0.1) is 0 Å². The number of ketones is 1.